The molecule has 5 heteroatoms. The molecule has 108 valence electrons. The highest BCUT2D eigenvalue weighted by molar-refractivity contribution is 6.21. The lowest BCUT2D eigenvalue weighted by Crippen LogP contribution is -2.21. The topological polar surface area (TPSA) is 61.8 Å². The molecule has 0 unspecified atom stereocenters. The Labute approximate surface area is 121 Å². The second kappa shape index (κ2) is 5.44. The fourth-order valence-electron chi connectivity index (χ4n) is 2.13. The fraction of sp³-hybridized carbons (Fsp3) is 0.250. The zero-order valence-electron chi connectivity index (χ0n) is 11.5. The number of Topliss-reactive ketones (excluding diaryl/α,β-unsaturated/α-hetero) is 1. The molecule has 21 heavy (non-hydrogen) atoms. The van der Waals surface area contributed by atoms with Crippen molar-refractivity contribution in [2.24, 2.45) is 5.92 Å². The van der Waals surface area contributed by atoms with Gasteiger partial charge in [-0.3, -0.25) is 4.79 Å². The second-order valence-corrected chi connectivity index (χ2v) is 4.67. The smallest absolute Gasteiger partial charge is 0.344 e. The molecule has 0 spiro atoms. The summed E-state index contributed by atoms with van der Waals surface area (Å²) in [6, 6.07) is 9.62. The molecule has 3 rings (SSSR count). The lowest BCUT2D eigenvalue weighted by Gasteiger charge is -2.09. The van der Waals surface area contributed by atoms with Gasteiger partial charge in [0.15, 0.2) is 17.3 Å². The van der Waals surface area contributed by atoms with Gasteiger partial charge in [-0.25, -0.2) is 4.79 Å². The van der Waals surface area contributed by atoms with Gasteiger partial charge >= 0.3 is 5.97 Å². The third kappa shape index (κ3) is 2.54. The van der Waals surface area contributed by atoms with Gasteiger partial charge in [-0.2, -0.15) is 0 Å². The summed E-state index contributed by atoms with van der Waals surface area (Å²) < 4.78 is 15.7. The first-order chi connectivity index (χ1) is 10.2. The van der Waals surface area contributed by atoms with E-state index in [0.29, 0.717) is 18.1 Å². The molecule has 1 aromatic rings. The number of ether oxygens (including phenoxy) is 3. The van der Waals surface area contributed by atoms with Crippen molar-refractivity contribution in [3.05, 3.63) is 59.2 Å². The molecule has 2 aliphatic rings. The standard InChI is InChI=1S/C16H14O5/c1-2-19-16(18)11-9-21-15-12(13(11)17)14(15)20-8-10-6-4-3-5-7-10/h3-7,9,12H,2,8H2,1H3/t12-/m1/s1. The average molecular weight is 286 g/mol. The molecule has 0 N–H and O–H groups in total. The van der Waals surface area contributed by atoms with Crippen molar-refractivity contribution in [1.29, 1.82) is 0 Å². The second-order valence-electron chi connectivity index (χ2n) is 4.67. The van der Waals surface area contributed by atoms with Crippen molar-refractivity contribution < 1.29 is 23.8 Å². The number of hydrogen-bond donors (Lipinski definition) is 0. The van der Waals surface area contributed by atoms with E-state index in [-0.39, 0.29) is 18.0 Å². The number of allylic oxidation sites excluding steroid dienone is 2. The summed E-state index contributed by atoms with van der Waals surface area (Å²) in [6.45, 7) is 2.26. The molecule has 1 heterocycles. The van der Waals surface area contributed by atoms with Crippen LogP contribution in [0.1, 0.15) is 12.5 Å². The molecule has 0 saturated carbocycles. The summed E-state index contributed by atoms with van der Waals surface area (Å²) in [6.07, 6.45) is 1.14. The highest BCUT2D eigenvalue weighted by atomic mass is 16.5. The van der Waals surface area contributed by atoms with Crippen LogP contribution in [-0.4, -0.2) is 18.4 Å². The van der Waals surface area contributed by atoms with Crippen molar-refractivity contribution in [3.8, 4) is 0 Å². The van der Waals surface area contributed by atoms with Crippen LogP contribution in [0.25, 0.3) is 0 Å². The van der Waals surface area contributed by atoms with Gasteiger partial charge in [0, 0.05) is 0 Å². The van der Waals surface area contributed by atoms with Gasteiger partial charge in [0.1, 0.15) is 24.4 Å². The summed E-state index contributed by atoms with van der Waals surface area (Å²) in [4.78, 5) is 23.7. The minimum atomic E-state index is -0.657. The van der Waals surface area contributed by atoms with Crippen LogP contribution in [0.5, 0.6) is 0 Å². The van der Waals surface area contributed by atoms with Gasteiger partial charge in [0.2, 0.25) is 0 Å². The van der Waals surface area contributed by atoms with Crippen LogP contribution in [0.15, 0.2) is 53.7 Å². The maximum absolute atomic E-state index is 12.1. The van der Waals surface area contributed by atoms with E-state index in [0.717, 1.165) is 11.8 Å². The number of carbonyl (C=O) groups excluding carboxylic acids is 2. The van der Waals surface area contributed by atoms with Gasteiger partial charge in [0.25, 0.3) is 0 Å². The maximum Gasteiger partial charge on any atom is 0.344 e. The first-order valence-electron chi connectivity index (χ1n) is 6.71. The summed E-state index contributed by atoms with van der Waals surface area (Å²) in [5.74, 6) is -0.546. The summed E-state index contributed by atoms with van der Waals surface area (Å²) in [5, 5.41) is 0. The Morgan fingerprint density at radius 1 is 1.29 bits per heavy atom. The zero-order chi connectivity index (χ0) is 14.8. The Hall–Kier alpha value is -2.56. The quantitative estimate of drug-likeness (QED) is 0.612. The van der Waals surface area contributed by atoms with Crippen LogP contribution in [0.4, 0.5) is 0 Å². The fourth-order valence-corrected chi connectivity index (χ4v) is 2.13. The van der Waals surface area contributed by atoms with E-state index in [1.165, 1.54) is 0 Å². The predicted octanol–water partition coefficient (Wildman–Crippen LogP) is 2.09. The van der Waals surface area contributed by atoms with Crippen molar-refractivity contribution in [3.63, 3.8) is 0 Å². The molecule has 1 aromatic carbocycles. The molecule has 0 saturated heterocycles. The maximum atomic E-state index is 12.1. The Morgan fingerprint density at radius 3 is 2.76 bits per heavy atom. The van der Waals surface area contributed by atoms with E-state index in [1.807, 2.05) is 30.3 Å². The minimum Gasteiger partial charge on any atom is -0.488 e. The highest BCUT2D eigenvalue weighted by Gasteiger charge is 2.52. The van der Waals surface area contributed by atoms with E-state index in [1.54, 1.807) is 6.92 Å². The van der Waals surface area contributed by atoms with E-state index < -0.39 is 11.9 Å². The summed E-state index contributed by atoms with van der Waals surface area (Å²) in [5.41, 5.74) is 0.934. The van der Waals surface area contributed by atoms with Gasteiger partial charge in [0.05, 0.1) is 6.61 Å². The molecular formula is C16H14O5. The molecule has 0 fully saturated rings. The molecule has 1 aliphatic carbocycles. The minimum absolute atomic E-state index is 0.0658. The van der Waals surface area contributed by atoms with Gasteiger partial charge < -0.3 is 14.2 Å². The van der Waals surface area contributed by atoms with E-state index in [2.05, 4.69) is 0 Å². The van der Waals surface area contributed by atoms with Gasteiger partial charge in [-0.05, 0) is 12.5 Å². The molecule has 0 bridgehead atoms. The van der Waals surface area contributed by atoms with Crippen molar-refractivity contribution in [1.82, 2.24) is 0 Å². The lowest BCUT2D eigenvalue weighted by molar-refractivity contribution is -0.140. The zero-order valence-corrected chi connectivity index (χ0v) is 11.5. The first-order valence-corrected chi connectivity index (χ1v) is 6.71. The molecular weight excluding hydrogens is 272 g/mol. The van der Waals surface area contributed by atoms with Crippen LogP contribution < -0.4 is 0 Å². The van der Waals surface area contributed by atoms with Crippen LogP contribution in [0, 0.1) is 5.92 Å². The first kappa shape index (κ1) is 13.4. The van der Waals surface area contributed by atoms with E-state index in [4.69, 9.17) is 14.2 Å². The van der Waals surface area contributed by atoms with Gasteiger partial charge in [-0.15, -0.1) is 0 Å². The lowest BCUT2D eigenvalue weighted by atomic mass is 10.1. The SMILES string of the molecule is CCOC(=O)C1=COC2=C(OCc3ccccc3)[C@H]2C1=O. The number of ketones is 1. The average Bonchev–Trinajstić information content (AvgIpc) is 3.21. The highest BCUT2D eigenvalue weighted by Crippen LogP contribution is 2.46. The number of carbonyl (C=O) groups is 2. The van der Waals surface area contributed by atoms with E-state index in [9.17, 15) is 9.59 Å². The Morgan fingerprint density at radius 2 is 2.05 bits per heavy atom. The Balaban J connectivity index is 1.61. The number of fused-ring (bicyclic) bond motifs is 1. The van der Waals surface area contributed by atoms with Crippen LogP contribution >= 0.6 is 0 Å². The van der Waals surface area contributed by atoms with Crippen molar-refractivity contribution in [2.45, 2.75) is 13.5 Å². The third-order valence-corrected chi connectivity index (χ3v) is 3.25. The molecule has 5 nitrogen and oxygen atoms in total. The summed E-state index contributed by atoms with van der Waals surface area (Å²) in [7, 11) is 0. The predicted molar refractivity (Wildman–Crippen MR) is 72.6 cm³/mol. The Bertz CT molecular complexity index is 642. The number of esters is 1. The van der Waals surface area contributed by atoms with Crippen LogP contribution in [0.2, 0.25) is 0 Å². The number of rotatable bonds is 5. The monoisotopic (exact) mass is 286 g/mol. The molecule has 0 amide bonds. The Kier molecular flexibility index (Phi) is 3.48. The number of benzene rings is 1. The largest absolute Gasteiger partial charge is 0.488 e. The molecule has 1 atom stereocenters. The molecule has 0 radical (unpaired) electrons. The van der Waals surface area contributed by atoms with Gasteiger partial charge in [-0.1, -0.05) is 30.3 Å². The normalized spacial score (nSPS) is 19.4. The summed E-state index contributed by atoms with van der Waals surface area (Å²) >= 11 is 0. The van der Waals surface area contributed by atoms with E-state index >= 15 is 0 Å². The van der Waals surface area contributed by atoms with Crippen LogP contribution in [0.3, 0.4) is 0 Å². The van der Waals surface area contributed by atoms with Crippen molar-refractivity contribution in [2.75, 3.05) is 6.61 Å². The van der Waals surface area contributed by atoms with Crippen LogP contribution in [-0.2, 0) is 30.4 Å². The molecule has 1 aliphatic heterocycles. The third-order valence-electron chi connectivity index (χ3n) is 3.25. The molecule has 0 aromatic heterocycles. The van der Waals surface area contributed by atoms with Crippen molar-refractivity contribution >= 4 is 11.8 Å². The number of hydrogen-bond acceptors (Lipinski definition) is 5.